The van der Waals surface area contributed by atoms with Gasteiger partial charge in [-0.05, 0) is 73.7 Å². The monoisotopic (exact) mass is 546 g/mol. The molecule has 0 aromatic heterocycles. The molecule has 2 fully saturated rings. The quantitative estimate of drug-likeness (QED) is 0.335. The van der Waals surface area contributed by atoms with Crippen LogP contribution in [0.3, 0.4) is 0 Å². The molecular weight excluding hydrogens is 507 g/mol. The standard InChI is InChI=1S/C29H40Cl2N2O2Si/c1-28(2,3)36(4,5)35-18-17-33-26(24-12-11-23(30)19-25(24)31)20-29(27(33)34)13-15-32(16-14-29)21-22-9-7-6-8-10-22/h6-12,19,26H,13-18,20-21H2,1-5H3. The predicted octanol–water partition coefficient (Wildman–Crippen LogP) is 7.57. The van der Waals surface area contributed by atoms with Gasteiger partial charge in [0.1, 0.15) is 0 Å². The minimum Gasteiger partial charge on any atom is -0.415 e. The molecule has 7 heteroatoms. The third-order valence-corrected chi connectivity index (χ3v) is 13.8. The molecule has 1 spiro atoms. The summed E-state index contributed by atoms with van der Waals surface area (Å²) >= 11 is 12.9. The summed E-state index contributed by atoms with van der Waals surface area (Å²) in [6, 6.07) is 16.2. The third-order valence-electron chi connectivity index (χ3n) is 8.66. The van der Waals surface area contributed by atoms with E-state index < -0.39 is 8.32 Å². The van der Waals surface area contributed by atoms with Crippen molar-refractivity contribution in [2.24, 2.45) is 5.41 Å². The van der Waals surface area contributed by atoms with Crippen molar-refractivity contribution in [1.82, 2.24) is 9.80 Å². The van der Waals surface area contributed by atoms with Crippen molar-refractivity contribution in [2.45, 2.75) is 70.8 Å². The number of carbonyl (C=O) groups excluding carboxylic acids is 1. The first-order valence-electron chi connectivity index (χ1n) is 13.1. The molecule has 0 radical (unpaired) electrons. The van der Waals surface area contributed by atoms with Gasteiger partial charge in [-0.15, -0.1) is 0 Å². The number of rotatable bonds is 7. The second-order valence-electron chi connectivity index (χ2n) is 12.0. The van der Waals surface area contributed by atoms with Crippen molar-refractivity contribution in [2.75, 3.05) is 26.2 Å². The molecule has 1 unspecified atom stereocenters. The van der Waals surface area contributed by atoms with Gasteiger partial charge in [-0.1, -0.05) is 80.4 Å². The van der Waals surface area contributed by atoms with Crippen molar-refractivity contribution in [1.29, 1.82) is 0 Å². The van der Waals surface area contributed by atoms with E-state index in [0.29, 0.717) is 23.2 Å². The lowest BCUT2D eigenvalue weighted by molar-refractivity contribution is -0.139. The number of carbonyl (C=O) groups is 1. The highest BCUT2D eigenvalue weighted by Gasteiger charge is 2.53. The minimum absolute atomic E-state index is 0.0500. The molecule has 0 bridgehead atoms. The number of halogens is 2. The van der Waals surface area contributed by atoms with E-state index in [-0.39, 0.29) is 22.4 Å². The van der Waals surface area contributed by atoms with Gasteiger partial charge in [0.2, 0.25) is 5.91 Å². The van der Waals surface area contributed by atoms with Crippen LogP contribution in [-0.4, -0.2) is 50.3 Å². The van der Waals surface area contributed by atoms with Crippen LogP contribution in [0, 0.1) is 5.41 Å². The zero-order valence-electron chi connectivity index (χ0n) is 22.3. The number of benzene rings is 2. The van der Waals surface area contributed by atoms with E-state index in [1.807, 2.05) is 12.1 Å². The lowest BCUT2D eigenvalue weighted by atomic mass is 9.75. The van der Waals surface area contributed by atoms with E-state index in [1.54, 1.807) is 6.07 Å². The Morgan fingerprint density at radius 3 is 2.33 bits per heavy atom. The van der Waals surface area contributed by atoms with Gasteiger partial charge >= 0.3 is 0 Å². The van der Waals surface area contributed by atoms with E-state index in [4.69, 9.17) is 27.6 Å². The highest BCUT2D eigenvalue weighted by atomic mass is 35.5. The second kappa shape index (κ2) is 10.8. The zero-order chi connectivity index (χ0) is 26.1. The number of nitrogens with zero attached hydrogens (tertiary/aromatic N) is 2. The average Bonchev–Trinajstić information content (AvgIpc) is 3.07. The minimum atomic E-state index is -1.90. The molecule has 2 aliphatic rings. The Kier molecular flexibility index (Phi) is 8.28. The summed E-state index contributed by atoms with van der Waals surface area (Å²) in [5.41, 5.74) is 1.98. The fraction of sp³-hybridized carbons (Fsp3) is 0.552. The lowest BCUT2D eigenvalue weighted by Gasteiger charge is -2.38. The molecule has 2 heterocycles. The van der Waals surface area contributed by atoms with Gasteiger partial charge in [0, 0.05) is 23.1 Å². The van der Waals surface area contributed by atoms with Crippen LogP contribution in [0.5, 0.6) is 0 Å². The second-order valence-corrected chi connectivity index (χ2v) is 17.7. The molecule has 2 aromatic carbocycles. The summed E-state index contributed by atoms with van der Waals surface area (Å²) in [6.07, 6.45) is 2.55. The van der Waals surface area contributed by atoms with Crippen molar-refractivity contribution < 1.29 is 9.22 Å². The van der Waals surface area contributed by atoms with Crippen LogP contribution in [0.1, 0.15) is 57.2 Å². The van der Waals surface area contributed by atoms with Gasteiger partial charge in [-0.25, -0.2) is 0 Å². The van der Waals surface area contributed by atoms with Crippen LogP contribution in [0.2, 0.25) is 28.2 Å². The maximum Gasteiger partial charge on any atom is 0.229 e. The number of piperidine rings is 1. The topological polar surface area (TPSA) is 32.8 Å². The third kappa shape index (κ3) is 5.86. The van der Waals surface area contributed by atoms with E-state index in [0.717, 1.165) is 44.5 Å². The molecule has 36 heavy (non-hydrogen) atoms. The van der Waals surface area contributed by atoms with E-state index in [9.17, 15) is 4.79 Å². The molecule has 4 nitrogen and oxygen atoms in total. The van der Waals surface area contributed by atoms with Crippen LogP contribution >= 0.6 is 23.2 Å². The highest BCUT2D eigenvalue weighted by molar-refractivity contribution is 6.74. The van der Waals surface area contributed by atoms with E-state index in [2.05, 4.69) is 74.0 Å². The number of amides is 1. The van der Waals surface area contributed by atoms with Gasteiger partial charge < -0.3 is 9.33 Å². The fourth-order valence-electron chi connectivity index (χ4n) is 5.34. The van der Waals surface area contributed by atoms with Crippen LogP contribution in [0.25, 0.3) is 0 Å². The molecule has 196 valence electrons. The number of hydrogen-bond donors (Lipinski definition) is 0. The summed E-state index contributed by atoms with van der Waals surface area (Å²) in [4.78, 5) is 18.6. The molecule has 0 aliphatic carbocycles. The molecule has 2 saturated heterocycles. The smallest absolute Gasteiger partial charge is 0.229 e. The normalized spacial score (nSPS) is 20.9. The van der Waals surface area contributed by atoms with Crippen molar-refractivity contribution >= 4 is 37.4 Å². The van der Waals surface area contributed by atoms with Gasteiger partial charge in [0.05, 0.1) is 18.1 Å². The molecule has 2 aromatic rings. The SMILES string of the molecule is CC(C)(C)[Si](C)(C)OCCN1C(=O)C2(CCN(Cc3ccccc3)CC2)CC1c1ccc(Cl)cc1Cl. The van der Waals surface area contributed by atoms with Gasteiger partial charge in [-0.2, -0.15) is 0 Å². The van der Waals surface area contributed by atoms with Crippen LogP contribution in [-0.2, 0) is 15.8 Å². The first-order chi connectivity index (χ1) is 16.9. The Labute approximate surface area is 228 Å². The van der Waals surface area contributed by atoms with Crippen LogP contribution in [0.15, 0.2) is 48.5 Å². The molecule has 2 aliphatic heterocycles. The summed E-state index contributed by atoms with van der Waals surface area (Å²) in [7, 11) is -1.90. The van der Waals surface area contributed by atoms with E-state index in [1.165, 1.54) is 5.56 Å². The molecular formula is C29H40Cl2N2O2Si. The first kappa shape index (κ1) is 27.7. The van der Waals surface area contributed by atoms with Crippen molar-refractivity contribution in [3.05, 3.63) is 69.7 Å². The van der Waals surface area contributed by atoms with Gasteiger partial charge in [0.15, 0.2) is 8.32 Å². The molecule has 0 saturated carbocycles. The molecule has 0 N–H and O–H groups in total. The van der Waals surface area contributed by atoms with E-state index >= 15 is 0 Å². The Bertz CT molecular complexity index is 1060. The largest absolute Gasteiger partial charge is 0.415 e. The Hall–Kier alpha value is -1.37. The zero-order valence-corrected chi connectivity index (χ0v) is 24.8. The molecule has 4 rings (SSSR count). The van der Waals surface area contributed by atoms with Gasteiger partial charge in [0.25, 0.3) is 0 Å². The number of likely N-dealkylation sites (tertiary alicyclic amines) is 2. The van der Waals surface area contributed by atoms with Gasteiger partial charge in [-0.3, -0.25) is 9.69 Å². The lowest BCUT2D eigenvalue weighted by Crippen LogP contribution is -2.46. The van der Waals surface area contributed by atoms with Crippen LogP contribution in [0.4, 0.5) is 0 Å². The van der Waals surface area contributed by atoms with Crippen LogP contribution < -0.4 is 0 Å². The van der Waals surface area contributed by atoms with Crippen molar-refractivity contribution in [3.8, 4) is 0 Å². The maximum atomic E-state index is 14.1. The Morgan fingerprint density at radius 1 is 1.06 bits per heavy atom. The first-order valence-corrected chi connectivity index (χ1v) is 16.7. The summed E-state index contributed by atoms with van der Waals surface area (Å²) in [5, 5.41) is 1.38. The number of hydrogen-bond acceptors (Lipinski definition) is 3. The fourth-order valence-corrected chi connectivity index (χ4v) is 6.90. The molecule has 1 amide bonds. The Balaban J connectivity index is 1.51. The summed E-state index contributed by atoms with van der Waals surface area (Å²) in [5.74, 6) is 0.261. The molecule has 1 atom stereocenters. The van der Waals surface area contributed by atoms with Crippen molar-refractivity contribution in [3.63, 3.8) is 0 Å². The Morgan fingerprint density at radius 2 is 1.72 bits per heavy atom. The summed E-state index contributed by atoms with van der Waals surface area (Å²) in [6.45, 7) is 15.2. The predicted molar refractivity (Wildman–Crippen MR) is 152 cm³/mol. The summed E-state index contributed by atoms with van der Waals surface area (Å²) < 4.78 is 6.48. The average molecular weight is 548 g/mol. The maximum absolute atomic E-state index is 14.1. The highest BCUT2D eigenvalue weighted by Crippen LogP contribution is 2.51.